The number of carbonyl (C=O) groups excluding carboxylic acids is 1. The van der Waals surface area contributed by atoms with Crippen LogP contribution in [0.1, 0.15) is 29.2 Å². The van der Waals surface area contributed by atoms with Gasteiger partial charge in [-0.3, -0.25) is 4.79 Å². The van der Waals surface area contributed by atoms with Crippen molar-refractivity contribution in [2.75, 3.05) is 0 Å². The number of aryl methyl sites for hydroxylation is 2. The maximum absolute atomic E-state index is 12.5. The highest BCUT2D eigenvalue weighted by molar-refractivity contribution is 6.31. The molecule has 3 aromatic rings. The van der Waals surface area contributed by atoms with Crippen molar-refractivity contribution < 1.29 is 4.79 Å². The second-order valence-corrected chi connectivity index (χ2v) is 6.61. The molecule has 1 atom stereocenters. The summed E-state index contributed by atoms with van der Waals surface area (Å²) < 4.78 is 0. The number of hydrogen-bond donors (Lipinski definition) is 1. The lowest BCUT2D eigenvalue weighted by atomic mass is 10.0. The molecule has 0 radical (unpaired) electrons. The highest BCUT2D eigenvalue weighted by Gasteiger charge is 2.16. The van der Waals surface area contributed by atoms with Crippen LogP contribution in [0.2, 0.25) is 5.02 Å². The van der Waals surface area contributed by atoms with Gasteiger partial charge < -0.3 is 5.32 Å². The second-order valence-electron chi connectivity index (χ2n) is 6.20. The Labute approximate surface area is 158 Å². The molecular formula is C20H21ClN4O. The van der Waals surface area contributed by atoms with E-state index in [0.29, 0.717) is 19.4 Å². The van der Waals surface area contributed by atoms with Gasteiger partial charge in [-0.1, -0.05) is 54.1 Å². The van der Waals surface area contributed by atoms with Crippen molar-refractivity contribution in [1.82, 2.24) is 20.3 Å². The Morgan fingerprint density at radius 3 is 2.58 bits per heavy atom. The lowest BCUT2D eigenvalue weighted by Gasteiger charge is -2.19. The average Bonchev–Trinajstić information content (AvgIpc) is 3.16. The van der Waals surface area contributed by atoms with E-state index < -0.39 is 0 Å². The summed E-state index contributed by atoms with van der Waals surface area (Å²) in [5.41, 5.74) is 3.16. The van der Waals surface area contributed by atoms with Crippen LogP contribution in [0.25, 0.3) is 0 Å². The van der Waals surface area contributed by atoms with E-state index in [-0.39, 0.29) is 11.9 Å². The van der Waals surface area contributed by atoms with E-state index in [0.717, 1.165) is 21.7 Å². The predicted octanol–water partition coefficient (Wildman–Crippen LogP) is 3.73. The van der Waals surface area contributed by atoms with Gasteiger partial charge in [0.2, 0.25) is 5.91 Å². The molecule has 3 rings (SSSR count). The van der Waals surface area contributed by atoms with E-state index in [2.05, 4.69) is 15.5 Å². The molecule has 6 heteroatoms. The summed E-state index contributed by atoms with van der Waals surface area (Å²) in [6, 6.07) is 15.6. The maximum Gasteiger partial charge on any atom is 0.220 e. The molecule has 0 bridgehead atoms. The third kappa shape index (κ3) is 4.92. The van der Waals surface area contributed by atoms with E-state index >= 15 is 0 Å². The first-order chi connectivity index (χ1) is 12.6. The zero-order chi connectivity index (χ0) is 18.4. The normalized spacial score (nSPS) is 11.9. The molecule has 1 N–H and O–H groups in total. The van der Waals surface area contributed by atoms with Gasteiger partial charge in [-0.05, 0) is 36.1 Å². The lowest BCUT2D eigenvalue weighted by Crippen LogP contribution is -2.32. The predicted molar refractivity (Wildman–Crippen MR) is 102 cm³/mol. The molecule has 5 nitrogen and oxygen atoms in total. The Morgan fingerprint density at radius 2 is 1.88 bits per heavy atom. The van der Waals surface area contributed by atoms with Gasteiger partial charge in [-0.2, -0.15) is 15.0 Å². The van der Waals surface area contributed by atoms with Gasteiger partial charge in [0.05, 0.1) is 25.0 Å². The molecule has 0 saturated heterocycles. The third-order valence-electron chi connectivity index (χ3n) is 4.21. The SMILES string of the molecule is Cc1cc(CCC(=O)N[C@H](Cn2nccn2)c2ccccc2)ccc1Cl. The number of rotatable bonds is 7. The number of nitrogens with zero attached hydrogens (tertiary/aromatic N) is 3. The summed E-state index contributed by atoms with van der Waals surface area (Å²) in [5, 5.41) is 12.1. The lowest BCUT2D eigenvalue weighted by molar-refractivity contribution is -0.121. The van der Waals surface area contributed by atoms with Crippen LogP contribution >= 0.6 is 11.6 Å². The van der Waals surface area contributed by atoms with Gasteiger partial charge in [0, 0.05) is 11.4 Å². The summed E-state index contributed by atoms with van der Waals surface area (Å²) >= 11 is 6.05. The van der Waals surface area contributed by atoms with Crippen molar-refractivity contribution in [3.63, 3.8) is 0 Å². The van der Waals surface area contributed by atoms with Crippen LogP contribution in [0.3, 0.4) is 0 Å². The van der Waals surface area contributed by atoms with Crippen LogP contribution in [0.5, 0.6) is 0 Å². The van der Waals surface area contributed by atoms with Crippen LogP contribution in [0.15, 0.2) is 60.9 Å². The van der Waals surface area contributed by atoms with Crippen LogP contribution in [-0.2, 0) is 17.8 Å². The number of carbonyl (C=O) groups is 1. The molecule has 0 saturated carbocycles. The Balaban J connectivity index is 1.64. The Hall–Kier alpha value is -2.66. The highest BCUT2D eigenvalue weighted by atomic mass is 35.5. The summed E-state index contributed by atoms with van der Waals surface area (Å²) in [5.74, 6) is -0.00128. The molecule has 26 heavy (non-hydrogen) atoms. The monoisotopic (exact) mass is 368 g/mol. The van der Waals surface area contributed by atoms with E-state index in [4.69, 9.17) is 11.6 Å². The minimum Gasteiger partial charge on any atom is -0.347 e. The summed E-state index contributed by atoms with van der Waals surface area (Å²) in [6.45, 7) is 2.46. The number of hydrogen-bond acceptors (Lipinski definition) is 3. The largest absolute Gasteiger partial charge is 0.347 e. The van der Waals surface area contributed by atoms with Gasteiger partial charge in [0.15, 0.2) is 0 Å². The third-order valence-corrected chi connectivity index (χ3v) is 4.64. The molecule has 0 fully saturated rings. The first kappa shape index (κ1) is 18.1. The maximum atomic E-state index is 12.5. The first-order valence-corrected chi connectivity index (χ1v) is 8.93. The molecule has 0 aliphatic carbocycles. The fourth-order valence-corrected chi connectivity index (χ4v) is 2.92. The van der Waals surface area contributed by atoms with Crippen molar-refractivity contribution in [3.8, 4) is 0 Å². The molecule has 0 aliphatic heterocycles. The van der Waals surface area contributed by atoms with Crippen LogP contribution in [0, 0.1) is 6.92 Å². The smallest absolute Gasteiger partial charge is 0.220 e. The summed E-state index contributed by atoms with van der Waals surface area (Å²) in [7, 11) is 0. The highest BCUT2D eigenvalue weighted by Crippen LogP contribution is 2.18. The summed E-state index contributed by atoms with van der Waals surface area (Å²) in [6.07, 6.45) is 4.35. The number of nitrogens with one attached hydrogen (secondary N) is 1. The van der Waals surface area contributed by atoms with E-state index in [1.807, 2.05) is 55.5 Å². The standard InChI is InChI=1S/C20H21ClN4O/c1-15-13-16(7-9-18(15)21)8-10-20(26)24-19(14-25-22-11-12-23-25)17-5-3-2-4-6-17/h2-7,9,11-13,19H,8,10,14H2,1H3,(H,24,26)/t19-/m1/s1. The fraction of sp³-hybridized carbons (Fsp3) is 0.250. The van der Waals surface area contributed by atoms with Crippen molar-refractivity contribution in [1.29, 1.82) is 0 Å². The summed E-state index contributed by atoms with van der Waals surface area (Å²) in [4.78, 5) is 14.1. The van der Waals surface area contributed by atoms with E-state index in [1.54, 1.807) is 17.2 Å². The van der Waals surface area contributed by atoms with Gasteiger partial charge >= 0.3 is 0 Å². The molecule has 2 aromatic carbocycles. The number of amides is 1. The molecule has 134 valence electrons. The van der Waals surface area contributed by atoms with E-state index in [9.17, 15) is 4.79 Å². The van der Waals surface area contributed by atoms with Crippen molar-refractivity contribution in [2.24, 2.45) is 0 Å². The zero-order valence-corrected chi connectivity index (χ0v) is 15.4. The first-order valence-electron chi connectivity index (χ1n) is 8.55. The van der Waals surface area contributed by atoms with Gasteiger partial charge in [-0.15, -0.1) is 0 Å². The fourth-order valence-electron chi connectivity index (χ4n) is 2.81. The van der Waals surface area contributed by atoms with Crippen molar-refractivity contribution >= 4 is 17.5 Å². The molecular weight excluding hydrogens is 348 g/mol. The van der Waals surface area contributed by atoms with Gasteiger partial charge in [-0.25, -0.2) is 0 Å². The van der Waals surface area contributed by atoms with Crippen LogP contribution in [0.4, 0.5) is 0 Å². The molecule has 0 unspecified atom stereocenters. The van der Waals surface area contributed by atoms with E-state index in [1.165, 1.54) is 0 Å². The average molecular weight is 369 g/mol. The number of benzene rings is 2. The number of aromatic nitrogens is 3. The van der Waals surface area contributed by atoms with Crippen molar-refractivity contribution in [2.45, 2.75) is 32.4 Å². The minimum atomic E-state index is -0.178. The number of halogens is 1. The van der Waals surface area contributed by atoms with Crippen LogP contribution < -0.4 is 5.32 Å². The molecule has 1 aromatic heterocycles. The second kappa shape index (κ2) is 8.63. The molecule has 0 aliphatic rings. The molecule has 0 spiro atoms. The Morgan fingerprint density at radius 1 is 1.15 bits per heavy atom. The zero-order valence-electron chi connectivity index (χ0n) is 14.6. The molecule has 1 heterocycles. The Kier molecular flexibility index (Phi) is 6.02. The van der Waals surface area contributed by atoms with Gasteiger partial charge in [0.1, 0.15) is 0 Å². The van der Waals surface area contributed by atoms with Gasteiger partial charge in [0.25, 0.3) is 0 Å². The molecule has 1 amide bonds. The minimum absolute atomic E-state index is 0.00128. The van der Waals surface area contributed by atoms with Crippen molar-refractivity contribution in [3.05, 3.63) is 82.6 Å². The van der Waals surface area contributed by atoms with Crippen LogP contribution in [-0.4, -0.2) is 20.9 Å². The topological polar surface area (TPSA) is 59.8 Å². The Bertz CT molecular complexity index is 850. The quantitative estimate of drug-likeness (QED) is 0.691.